The predicted octanol–water partition coefficient (Wildman–Crippen LogP) is 2.70. The lowest BCUT2D eigenvalue weighted by Gasteiger charge is -2.11. The number of ether oxygens (including phenoxy) is 1. The van der Waals surface area contributed by atoms with Gasteiger partial charge in [0.05, 0.1) is 12.7 Å². The number of aliphatic hydroxyl groups excluding tert-OH is 1. The largest absolute Gasteiger partial charge is 0.385 e. The first-order chi connectivity index (χ1) is 7.16. The molecule has 3 heteroatoms. The quantitative estimate of drug-likeness (QED) is 0.855. The Morgan fingerprint density at radius 1 is 1.47 bits per heavy atom. The molecule has 1 atom stereocenters. The zero-order valence-electron chi connectivity index (χ0n) is 9.32. The van der Waals surface area contributed by atoms with Crippen LogP contribution in [0.25, 0.3) is 0 Å². The van der Waals surface area contributed by atoms with Crippen molar-refractivity contribution in [2.75, 3.05) is 6.61 Å². The van der Waals surface area contributed by atoms with Gasteiger partial charge in [0.1, 0.15) is 6.10 Å². The van der Waals surface area contributed by atoms with Crippen LogP contribution >= 0.6 is 11.3 Å². The standard InChI is InChI=1S/C12H18O2S/c1-8(2)14-7-10(13)12-6-9-4-3-5-11(9)15-12/h6,8,10,13H,3-5,7H2,1-2H3. The van der Waals surface area contributed by atoms with Crippen molar-refractivity contribution in [1.29, 1.82) is 0 Å². The number of thiophene rings is 1. The molecule has 0 bridgehead atoms. The fourth-order valence-corrected chi connectivity index (χ4v) is 3.11. The second-order valence-corrected chi connectivity index (χ2v) is 5.52. The molecule has 1 unspecified atom stereocenters. The van der Waals surface area contributed by atoms with Gasteiger partial charge in [-0.3, -0.25) is 0 Å². The van der Waals surface area contributed by atoms with E-state index in [1.165, 1.54) is 29.7 Å². The minimum absolute atomic E-state index is 0.187. The molecule has 0 saturated heterocycles. The van der Waals surface area contributed by atoms with Gasteiger partial charge in [-0.1, -0.05) is 0 Å². The fraction of sp³-hybridized carbons (Fsp3) is 0.667. The van der Waals surface area contributed by atoms with Crippen LogP contribution in [0.2, 0.25) is 0 Å². The van der Waals surface area contributed by atoms with Crippen LogP contribution in [0, 0.1) is 0 Å². The normalized spacial score (nSPS) is 17.1. The summed E-state index contributed by atoms with van der Waals surface area (Å²) in [6.45, 7) is 4.39. The predicted molar refractivity (Wildman–Crippen MR) is 62.4 cm³/mol. The second-order valence-electron chi connectivity index (χ2n) is 4.35. The maximum atomic E-state index is 9.91. The SMILES string of the molecule is CC(C)OCC(O)c1cc2c(s1)CCC2. The van der Waals surface area contributed by atoms with Gasteiger partial charge in [0.25, 0.3) is 0 Å². The van der Waals surface area contributed by atoms with Gasteiger partial charge in [-0.15, -0.1) is 11.3 Å². The van der Waals surface area contributed by atoms with Crippen LogP contribution in [-0.2, 0) is 17.6 Å². The Bertz CT molecular complexity index is 309. The number of hydrogen-bond acceptors (Lipinski definition) is 3. The van der Waals surface area contributed by atoms with Gasteiger partial charge in [0, 0.05) is 9.75 Å². The molecule has 0 amide bonds. The van der Waals surface area contributed by atoms with Gasteiger partial charge in [-0.25, -0.2) is 0 Å². The molecule has 1 aliphatic carbocycles. The van der Waals surface area contributed by atoms with Gasteiger partial charge in [-0.05, 0) is 44.7 Å². The summed E-state index contributed by atoms with van der Waals surface area (Å²) in [5.41, 5.74) is 1.44. The highest BCUT2D eigenvalue weighted by Gasteiger charge is 2.18. The minimum Gasteiger partial charge on any atom is -0.385 e. The first kappa shape index (κ1) is 11.1. The van der Waals surface area contributed by atoms with Crippen LogP contribution in [0.15, 0.2) is 6.07 Å². The van der Waals surface area contributed by atoms with Crippen molar-refractivity contribution in [2.45, 2.75) is 45.3 Å². The molecule has 1 N–H and O–H groups in total. The van der Waals surface area contributed by atoms with Gasteiger partial charge < -0.3 is 9.84 Å². The van der Waals surface area contributed by atoms with E-state index < -0.39 is 6.10 Å². The maximum absolute atomic E-state index is 9.91. The summed E-state index contributed by atoms with van der Waals surface area (Å²) < 4.78 is 5.42. The third-order valence-electron chi connectivity index (χ3n) is 2.68. The summed E-state index contributed by atoms with van der Waals surface area (Å²) in [7, 11) is 0. The fourth-order valence-electron chi connectivity index (χ4n) is 1.88. The lowest BCUT2D eigenvalue weighted by molar-refractivity contribution is 0.00631. The lowest BCUT2D eigenvalue weighted by Crippen LogP contribution is -2.10. The Balaban J connectivity index is 1.97. The lowest BCUT2D eigenvalue weighted by atomic mass is 10.2. The highest BCUT2D eigenvalue weighted by molar-refractivity contribution is 7.12. The van der Waals surface area contributed by atoms with Crippen molar-refractivity contribution < 1.29 is 9.84 Å². The second kappa shape index (κ2) is 4.64. The van der Waals surface area contributed by atoms with Crippen molar-refractivity contribution >= 4 is 11.3 Å². The zero-order valence-corrected chi connectivity index (χ0v) is 10.1. The highest BCUT2D eigenvalue weighted by Crippen LogP contribution is 2.33. The molecule has 2 nitrogen and oxygen atoms in total. The first-order valence-corrected chi connectivity index (χ1v) is 6.39. The molecule has 1 aliphatic rings. The summed E-state index contributed by atoms with van der Waals surface area (Å²) in [6, 6.07) is 2.15. The van der Waals surface area contributed by atoms with E-state index in [1.807, 2.05) is 13.8 Å². The third kappa shape index (κ3) is 2.60. The van der Waals surface area contributed by atoms with E-state index in [0.29, 0.717) is 6.61 Å². The van der Waals surface area contributed by atoms with E-state index in [-0.39, 0.29) is 6.10 Å². The summed E-state index contributed by atoms with van der Waals surface area (Å²) >= 11 is 1.75. The van der Waals surface area contributed by atoms with Gasteiger partial charge >= 0.3 is 0 Å². The average Bonchev–Trinajstić information content (AvgIpc) is 2.72. The monoisotopic (exact) mass is 226 g/mol. The molecule has 0 spiro atoms. The number of fused-ring (bicyclic) bond motifs is 1. The molecule has 1 heterocycles. The van der Waals surface area contributed by atoms with Crippen LogP contribution in [0.1, 0.15) is 41.7 Å². The van der Waals surface area contributed by atoms with Crippen LogP contribution in [-0.4, -0.2) is 17.8 Å². The Morgan fingerprint density at radius 2 is 2.27 bits per heavy atom. The molecule has 84 valence electrons. The molecular formula is C12H18O2S. The van der Waals surface area contributed by atoms with Crippen molar-refractivity contribution in [3.63, 3.8) is 0 Å². The Kier molecular flexibility index (Phi) is 3.44. The number of aliphatic hydroxyl groups is 1. The van der Waals surface area contributed by atoms with E-state index in [1.54, 1.807) is 11.3 Å². The van der Waals surface area contributed by atoms with E-state index in [4.69, 9.17) is 4.74 Å². The Hall–Kier alpha value is -0.380. The van der Waals surface area contributed by atoms with E-state index in [0.717, 1.165) is 4.88 Å². The van der Waals surface area contributed by atoms with Crippen LogP contribution in [0.3, 0.4) is 0 Å². The van der Waals surface area contributed by atoms with Crippen LogP contribution in [0.4, 0.5) is 0 Å². The zero-order chi connectivity index (χ0) is 10.8. The topological polar surface area (TPSA) is 29.5 Å². The average molecular weight is 226 g/mol. The molecule has 0 aromatic carbocycles. The molecule has 1 aromatic rings. The van der Waals surface area contributed by atoms with E-state index in [9.17, 15) is 5.11 Å². The molecule has 2 rings (SSSR count). The molecular weight excluding hydrogens is 208 g/mol. The molecule has 0 fully saturated rings. The highest BCUT2D eigenvalue weighted by atomic mass is 32.1. The summed E-state index contributed by atoms with van der Waals surface area (Å²) in [6.07, 6.45) is 3.40. The Morgan fingerprint density at radius 3 is 2.93 bits per heavy atom. The molecule has 0 saturated carbocycles. The van der Waals surface area contributed by atoms with Gasteiger partial charge in [0.2, 0.25) is 0 Å². The van der Waals surface area contributed by atoms with E-state index >= 15 is 0 Å². The third-order valence-corrected chi connectivity index (χ3v) is 4.02. The Labute approximate surface area is 94.9 Å². The molecule has 0 radical (unpaired) electrons. The number of rotatable bonds is 4. The van der Waals surface area contributed by atoms with Crippen molar-refractivity contribution in [2.24, 2.45) is 0 Å². The summed E-state index contributed by atoms with van der Waals surface area (Å²) in [5, 5.41) is 9.91. The van der Waals surface area contributed by atoms with Crippen LogP contribution in [0.5, 0.6) is 0 Å². The van der Waals surface area contributed by atoms with Crippen LogP contribution < -0.4 is 0 Å². The molecule has 0 aliphatic heterocycles. The minimum atomic E-state index is -0.442. The van der Waals surface area contributed by atoms with Crippen molar-refractivity contribution in [3.05, 3.63) is 21.4 Å². The summed E-state index contributed by atoms with van der Waals surface area (Å²) in [4.78, 5) is 2.54. The first-order valence-electron chi connectivity index (χ1n) is 5.58. The van der Waals surface area contributed by atoms with Crippen molar-refractivity contribution in [3.8, 4) is 0 Å². The molecule has 1 aromatic heterocycles. The smallest absolute Gasteiger partial charge is 0.111 e. The maximum Gasteiger partial charge on any atom is 0.111 e. The number of hydrogen-bond donors (Lipinski definition) is 1. The van der Waals surface area contributed by atoms with E-state index in [2.05, 4.69) is 6.07 Å². The van der Waals surface area contributed by atoms with Gasteiger partial charge in [-0.2, -0.15) is 0 Å². The number of aryl methyl sites for hydroxylation is 2. The summed E-state index contributed by atoms with van der Waals surface area (Å²) in [5.74, 6) is 0. The molecule has 15 heavy (non-hydrogen) atoms. The van der Waals surface area contributed by atoms with Gasteiger partial charge in [0.15, 0.2) is 0 Å². The van der Waals surface area contributed by atoms with Crippen molar-refractivity contribution in [1.82, 2.24) is 0 Å².